The fourth-order valence-corrected chi connectivity index (χ4v) is 2.62. The Labute approximate surface area is 157 Å². The van der Waals surface area contributed by atoms with E-state index in [1.807, 2.05) is 0 Å². The second-order valence-corrected chi connectivity index (χ2v) is 6.10. The Morgan fingerprint density at radius 2 is 2.21 bits per heavy atom. The number of aromatic nitrogens is 2. The molecule has 2 heterocycles. The molecule has 0 saturated carbocycles. The summed E-state index contributed by atoms with van der Waals surface area (Å²) in [7, 11) is 0. The molecule has 1 fully saturated rings. The monoisotopic (exact) mass is 397 g/mol. The smallest absolute Gasteiger partial charge is 0.342 e. The van der Waals surface area contributed by atoms with Crippen LogP contribution in [0.2, 0.25) is 0 Å². The summed E-state index contributed by atoms with van der Waals surface area (Å²) in [6.07, 6.45) is -0.317. The number of hydrogen-bond donors (Lipinski definition) is 2. The van der Waals surface area contributed by atoms with Crippen LogP contribution < -0.4 is 11.2 Å². The van der Waals surface area contributed by atoms with E-state index in [0.717, 1.165) is 0 Å². The molecule has 1 aliphatic rings. The second kappa shape index (κ2) is 9.69. The van der Waals surface area contributed by atoms with Crippen LogP contribution in [0, 0.1) is 6.92 Å². The minimum atomic E-state index is -1.02. The van der Waals surface area contributed by atoms with Crippen molar-refractivity contribution in [3.63, 3.8) is 0 Å². The van der Waals surface area contributed by atoms with Gasteiger partial charge in [0.2, 0.25) is 0 Å². The van der Waals surface area contributed by atoms with Gasteiger partial charge in [0.05, 0.1) is 12.1 Å². The Morgan fingerprint density at radius 1 is 1.46 bits per heavy atom. The fraction of sp³-hybridized carbons (Fsp3) is 0.600. The van der Waals surface area contributed by atoms with E-state index in [2.05, 4.69) is 19.9 Å². The van der Waals surface area contributed by atoms with E-state index in [-0.39, 0.29) is 32.3 Å². The van der Waals surface area contributed by atoms with Gasteiger partial charge in [-0.2, -0.15) is 4.89 Å². The average Bonchev–Trinajstić information content (AvgIpc) is 3.01. The first-order chi connectivity index (χ1) is 13.3. The van der Waals surface area contributed by atoms with Crippen LogP contribution in [0.1, 0.15) is 37.5 Å². The number of azide groups is 1. The molecule has 0 aliphatic carbocycles. The maximum atomic E-state index is 12.0. The largest absolute Gasteiger partial charge is 0.481 e. The summed E-state index contributed by atoms with van der Waals surface area (Å²) in [5.41, 5.74) is 7.82. The summed E-state index contributed by atoms with van der Waals surface area (Å²) in [5, 5.41) is 12.1. The molecule has 2 N–H and O–H groups in total. The molecule has 152 valence electrons. The van der Waals surface area contributed by atoms with Crippen molar-refractivity contribution in [2.45, 2.75) is 51.0 Å². The normalized spacial score (nSPS) is 21.1. The summed E-state index contributed by atoms with van der Waals surface area (Å²) in [4.78, 5) is 59.6. The standard InChI is InChI=1S/C15H19N5O8/c1-8-6-20(15(25)17-14(8)24)11-5-9(18-19-16)10(27-11)7-26-28-13(23)4-2-3-12(21)22/h6,9-11H,2-5,7H2,1H3,(H,21,22)(H,17,24,25)/t9-,10+,11+/m0/s1. The summed E-state index contributed by atoms with van der Waals surface area (Å²) >= 11 is 0. The molecule has 0 bridgehead atoms. The molecule has 3 atom stereocenters. The van der Waals surface area contributed by atoms with Gasteiger partial charge < -0.3 is 9.84 Å². The van der Waals surface area contributed by atoms with Crippen molar-refractivity contribution in [2.24, 2.45) is 5.11 Å². The number of carbonyl (C=O) groups is 2. The van der Waals surface area contributed by atoms with Gasteiger partial charge in [0.25, 0.3) is 5.56 Å². The summed E-state index contributed by atoms with van der Waals surface area (Å²) < 4.78 is 6.84. The lowest BCUT2D eigenvalue weighted by atomic mass is 10.1. The number of aliphatic carboxylic acids is 1. The SMILES string of the molecule is Cc1cn([C@H]2C[C@H](N=[N+]=[N-])[C@@H](COOC(=O)CCCC(=O)O)O2)c(=O)[nH]c1=O. The van der Waals surface area contributed by atoms with Crippen molar-refractivity contribution in [1.29, 1.82) is 0 Å². The van der Waals surface area contributed by atoms with Gasteiger partial charge in [0.1, 0.15) is 12.8 Å². The van der Waals surface area contributed by atoms with E-state index in [1.165, 1.54) is 17.7 Å². The summed E-state index contributed by atoms with van der Waals surface area (Å²) in [5.74, 6) is -1.77. The number of carboxylic acids is 1. The highest BCUT2D eigenvalue weighted by Gasteiger charge is 2.37. The molecule has 1 aliphatic heterocycles. The van der Waals surface area contributed by atoms with Crippen molar-refractivity contribution in [3.8, 4) is 0 Å². The lowest BCUT2D eigenvalue weighted by Crippen LogP contribution is -2.33. The number of hydrogen-bond acceptors (Lipinski definition) is 8. The van der Waals surface area contributed by atoms with Crippen molar-refractivity contribution in [3.05, 3.63) is 43.0 Å². The van der Waals surface area contributed by atoms with Crippen LogP contribution in [0.3, 0.4) is 0 Å². The zero-order chi connectivity index (χ0) is 20.7. The third-order valence-electron chi connectivity index (χ3n) is 4.02. The zero-order valence-corrected chi connectivity index (χ0v) is 14.9. The van der Waals surface area contributed by atoms with Gasteiger partial charge >= 0.3 is 17.6 Å². The van der Waals surface area contributed by atoms with E-state index in [4.69, 9.17) is 20.3 Å². The highest BCUT2D eigenvalue weighted by atomic mass is 17.2. The van der Waals surface area contributed by atoms with Crippen molar-refractivity contribution in [2.75, 3.05) is 6.61 Å². The van der Waals surface area contributed by atoms with E-state index >= 15 is 0 Å². The van der Waals surface area contributed by atoms with Crippen LogP contribution in [0.5, 0.6) is 0 Å². The quantitative estimate of drug-likeness (QED) is 0.199. The number of nitrogens with zero attached hydrogens (tertiary/aromatic N) is 4. The number of carbonyl (C=O) groups excluding carboxylic acids is 1. The third kappa shape index (κ3) is 5.67. The third-order valence-corrected chi connectivity index (χ3v) is 4.02. The number of H-pyrrole nitrogens is 1. The Bertz CT molecular complexity index is 887. The number of carboxylic acid groups (broad SMARTS) is 1. The number of aryl methyl sites for hydroxylation is 1. The van der Waals surface area contributed by atoms with Gasteiger partial charge in [-0.3, -0.25) is 24.0 Å². The molecule has 1 aromatic heterocycles. The Morgan fingerprint density at radius 3 is 2.89 bits per heavy atom. The molecular weight excluding hydrogens is 378 g/mol. The van der Waals surface area contributed by atoms with E-state index in [0.29, 0.717) is 5.56 Å². The first-order valence-corrected chi connectivity index (χ1v) is 8.37. The predicted molar refractivity (Wildman–Crippen MR) is 91.1 cm³/mol. The minimum Gasteiger partial charge on any atom is -0.481 e. The first kappa shape index (κ1) is 21.2. The first-order valence-electron chi connectivity index (χ1n) is 8.37. The van der Waals surface area contributed by atoms with Crippen LogP contribution in [-0.2, 0) is 24.1 Å². The molecule has 0 unspecified atom stereocenters. The minimum absolute atomic E-state index is 0.107. The molecule has 0 amide bonds. The highest BCUT2D eigenvalue weighted by molar-refractivity contribution is 5.71. The average molecular weight is 397 g/mol. The molecule has 1 aromatic rings. The van der Waals surface area contributed by atoms with Crippen molar-refractivity contribution in [1.82, 2.24) is 9.55 Å². The van der Waals surface area contributed by atoms with Gasteiger partial charge in [0.15, 0.2) is 0 Å². The second-order valence-electron chi connectivity index (χ2n) is 6.10. The predicted octanol–water partition coefficient (Wildman–Crippen LogP) is 0.541. The lowest BCUT2D eigenvalue weighted by Gasteiger charge is -2.16. The number of nitrogens with one attached hydrogen (secondary N) is 1. The highest BCUT2D eigenvalue weighted by Crippen LogP contribution is 2.30. The van der Waals surface area contributed by atoms with Crippen molar-refractivity contribution < 1.29 is 29.2 Å². The summed E-state index contributed by atoms with van der Waals surface area (Å²) in [6, 6.07) is -0.695. The molecule has 28 heavy (non-hydrogen) atoms. The maximum absolute atomic E-state index is 12.0. The molecule has 2 rings (SSSR count). The van der Waals surface area contributed by atoms with Gasteiger partial charge in [-0.25, -0.2) is 9.59 Å². The molecule has 0 aromatic carbocycles. The lowest BCUT2D eigenvalue weighted by molar-refractivity contribution is -0.284. The van der Waals surface area contributed by atoms with Gasteiger partial charge in [0, 0.05) is 35.9 Å². The topological polar surface area (TPSA) is 186 Å². The molecule has 1 saturated heterocycles. The van der Waals surface area contributed by atoms with Gasteiger partial charge in [-0.1, -0.05) is 5.11 Å². The molecule has 13 nitrogen and oxygen atoms in total. The Balaban J connectivity index is 1.95. The van der Waals surface area contributed by atoms with Crippen molar-refractivity contribution >= 4 is 11.9 Å². The Kier molecular flexibility index (Phi) is 7.32. The number of rotatable bonds is 9. The van der Waals surface area contributed by atoms with Crippen LogP contribution in [0.15, 0.2) is 20.9 Å². The Hall–Kier alpha value is -3.15. The number of aromatic amines is 1. The van der Waals surface area contributed by atoms with Crippen LogP contribution >= 0.6 is 0 Å². The molecular formula is C15H19N5O8. The van der Waals surface area contributed by atoms with Gasteiger partial charge in [-0.05, 0) is 18.9 Å². The maximum Gasteiger partial charge on any atom is 0.342 e. The van der Waals surface area contributed by atoms with Crippen LogP contribution in [-0.4, -0.2) is 45.3 Å². The fourth-order valence-electron chi connectivity index (χ4n) is 2.62. The molecule has 13 heteroatoms. The van der Waals surface area contributed by atoms with E-state index in [9.17, 15) is 19.2 Å². The van der Waals surface area contributed by atoms with Gasteiger partial charge in [-0.15, -0.1) is 0 Å². The number of ether oxygens (including phenoxy) is 1. The molecule has 0 radical (unpaired) electrons. The van der Waals surface area contributed by atoms with Crippen LogP contribution in [0.4, 0.5) is 0 Å². The zero-order valence-electron chi connectivity index (χ0n) is 14.9. The van der Waals surface area contributed by atoms with E-state index < -0.39 is 41.6 Å². The van der Waals surface area contributed by atoms with E-state index in [1.54, 1.807) is 0 Å². The molecule has 0 spiro atoms. The van der Waals surface area contributed by atoms with Crippen LogP contribution in [0.25, 0.3) is 10.4 Å². The summed E-state index contributed by atoms with van der Waals surface area (Å²) in [6.45, 7) is 1.26.